The number of benzene rings is 2. The Morgan fingerprint density at radius 3 is 2.33 bits per heavy atom. The summed E-state index contributed by atoms with van der Waals surface area (Å²) in [6.07, 6.45) is 1.04. The monoisotopic (exact) mass is 323 g/mol. The Hall–Kier alpha value is -2.36. The molecule has 0 aliphatic carbocycles. The minimum absolute atomic E-state index is 0.0165. The molecular weight excluding hydrogens is 298 g/mol. The molecule has 0 saturated heterocycles. The predicted octanol–water partition coefficient (Wildman–Crippen LogP) is 4.84. The number of hydrogen-bond donors (Lipinski definition) is 1. The van der Waals surface area contributed by atoms with E-state index in [4.69, 9.17) is 0 Å². The van der Waals surface area contributed by atoms with Crippen LogP contribution < -0.4 is 0 Å². The van der Waals surface area contributed by atoms with Gasteiger partial charge in [-0.2, -0.15) is 0 Å². The molecule has 24 heavy (non-hydrogen) atoms. The molecule has 1 heterocycles. The lowest BCUT2D eigenvalue weighted by Gasteiger charge is -2.33. The number of phenolic OH excluding ortho intramolecular Hbond substituents is 1. The molecule has 3 aromatic rings. The fourth-order valence-corrected chi connectivity index (χ4v) is 3.73. The smallest absolute Gasteiger partial charge is 0.141 e. The first kappa shape index (κ1) is 16.5. The van der Waals surface area contributed by atoms with Gasteiger partial charge in [-0.25, -0.2) is 4.68 Å². The minimum atomic E-state index is -0.0165. The molecule has 3 rings (SSSR count). The van der Waals surface area contributed by atoms with Gasteiger partial charge in [0, 0.05) is 0 Å². The predicted molar refractivity (Wildman–Crippen MR) is 97.6 cm³/mol. The molecule has 126 valence electrons. The molecule has 0 saturated carbocycles. The molecule has 0 spiro atoms. The van der Waals surface area contributed by atoms with Crippen LogP contribution in [0.25, 0.3) is 16.7 Å². The molecule has 0 unspecified atom stereocenters. The first-order chi connectivity index (χ1) is 11.2. The topological polar surface area (TPSA) is 50.9 Å². The standard InChI is InChI=1S/C20H25N3O/c1-19(2,3)13-20(4,5)14-9-8-11-16-18(14)21-22-23(16)15-10-6-7-12-17(15)24/h6-12,24H,13H2,1-5H3. The third kappa shape index (κ3) is 3.01. The van der Waals surface area contributed by atoms with Gasteiger partial charge in [0.05, 0.1) is 5.52 Å². The van der Waals surface area contributed by atoms with Crippen LogP contribution in [0.1, 0.15) is 46.6 Å². The van der Waals surface area contributed by atoms with E-state index in [-0.39, 0.29) is 16.6 Å². The second kappa shape index (κ2) is 5.62. The van der Waals surface area contributed by atoms with Gasteiger partial charge in [-0.3, -0.25) is 0 Å². The quantitative estimate of drug-likeness (QED) is 0.750. The van der Waals surface area contributed by atoms with Crippen molar-refractivity contribution >= 4 is 11.0 Å². The molecule has 0 atom stereocenters. The third-order valence-electron chi connectivity index (χ3n) is 4.29. The van der Waals surface area contributed by atoms with E-state index in [2.05, 4.69) is 51.0 Å². The summed E-state index contributed by atoms with van der Waals surface area (Å²) >= 11 is 0. The molecule has 2 aromatic carbocycles. The fourth-order valence-electron chi connectivity index (χ4n) is 3.73. The van der Waals surface area contributed by atoms with Gasteiger partial charge >= 0.3 is 0 Å². The van der Waals surface area contributed by atoms with Crippen molar-refractivity contribution in [3.8, 4) is 11.4 Å². The summed E-state index contributed by atoms with van der Waals surface area (Å²) < 4.78 is 1.71. The summed E-state index contributed by atoms with van der Waals surface area (Å²) in [5.41, 5.74) is 3.85. The molecule has 0 aliphatic rings. The first-order valence-electron chi connectivity index (χ1n) is 8.32. The van der Waals surface area contributed by atoms with E-state index >= 15 is 0 Å². The number of phenols is 1. The Balaban J connectivity index is 2.16. The lowest BCUT2D eigenvalue weighted by Crippen LogP contribution is -2.25. The number of aromatic nitrogens is 3. The number of para-hydroxylation sites is 2. The van der Waals surface area contributed by atoms with Crippen LogP contribution >= 0.6 is 0 Å². The molecule has 0 fully saturated rings. The van der Waals surface area contributed by atoms with E-state index in [0.29, 0.717) is 5.69 Å². The second-order valence-electron chi connectivity index (χ2n) is 8.28. The van der Waals surface area contributed by atoms with Crippen molar-refractivity contribution in [1.29, 1.82) is 0 Å². The number of hydrogen-bond acceptors (Lipinski definition) is 3. The highest BCUT2D eigenvalue weighted by Gasteiger charge is 2.30. The highest BCUT2D eigenvalue weighted by molar-refractivity contribution is 5.81. The average molecular weight is 323 g/mol. The van der Waals surface area contributed by atoms with Crippen LogP contribution in [-0.2, 0) is 5.41 Å². The van der Waals surface area contributed by atoms with E-state index in [1.54, 1.807) is 16.8 Å². The van der Waals surface area contributed by atoms with E-state index in [0.717, 1.165) is 17.5 Å². The Bertz CT molecular complexity index is 872. The van der Waals surface area contributed by atoms with Crippen molar-refractivity contribution in [3.63, 3.8) is 0 Å². The SMILES string of the molecule is CC(C)(C)CC(C)(C)c1cccc2c1nnn2-c1ccccc1O. The maximum Gasteiger partial charge on any atom is 0.141 e. The highest BCUT2D eigenvalue weighted by atomic mass is 16.3. The number of aromatic hydroxyl groups is 1. The normalized spacial score (nSPS) is 12.7. The molecule has 0 radical (unpaired) electrons. The highest BCUT2D eigenvalue weighted by Crippen LogP contribution is 2.39. The van der Waals surface area contributed by atoms with Gasteiger partial charge in [0.25, 0.3) is 0 Å². The molecular formula is C20H25N3O. The first-order valence-corrected chi connectivity index (χ1v) is 8.32. The Morgan fingerprint density at radius 1 is 0.958 bits per heavy atom. The van der Waals surface area contributed by atoms with Crippen LogP contribution in [0, 0.1) is 5.41 Å². The van der Waals surface area contributed by atoms with Crippen LogP contribution in [0.4, 0.5) is 0 Å². The van der Waals surface area contributed by atoms with Crippen molar-refractivity contribution in [2.45, 2.75) is 46.5 Å². The maximum absolute atomic E-state index is 10.1. The van der Waals surface area contributed by atoms with Gasteiger partial charge in [0.2, 0.25) is 0 Å². The maximum atomic E-state index is 10.1. The molecule has 1 aromatic heterocycles. The Labute approximate surface area is 143 Å². The van der Waals surface area contributed by atoms with Gasteiger partial charge in [0.1, 0.15) is 17.0 Å². The van der Waals surface area contributed by atoms with Crippen molar-refractivity contribution in [2.24, 2.45) is 5.41 Å². The molecule has 0 bridgehead atoms. The van der Waals surface area contributed by atoms with E-state index in [1.807, 2.05) is 24.3 Å². The average Bonchev–Trinajstić information content (AvgIpc) is 2.89. The zero-order chi connectivity index (χ0) is 17.5. The molecule has 0 amide bonds. The Kier molecular flexibility index (Phi) is 3.86. The fraction of sp³-hybridized carbons (Fsp3) is 0.400. The number of rotatable bonds is 3. The summed E-state index contributed by atoms with van der Waals surface area (Å²) in [6.45, 7) is 11.3. The zero-order valence-corrected chi connectivity index (χ0v) is 15.0. The van der Waals surface area contributed by atoms with Crippen LogP contribution in [0.15, 0.2) is 42.5 Å². The van der Waals surface area contributed by atoms with E-state index in [9.17, 15) is 5.11 Å². The summed E-state index contributed by atoms with van der Waals surface area (Å²) in [5, 5.41) is 18.9. The Morgan fingerprint density at radius 2 is 1.67 bits per heavy atom. The largest absolute Gasteiger partial charge is 0.506 e. The lowest BCUT2D eigenvalue weighted by molar-refractivity contribution is 0.285. The van der Waals surface area contributed by atoms with Gasteiger partial charge in [-0.1, -0.05) is 64.1 Å². The molecule has 0 aliphatic heterocycles. The van der Waals surface area contributed by atoms with Crippen LogP contribution in [0.2, 0.25) is 0 Å². The second-order valence-corrected chi connectivity index (χ2v) is 8.28. The van der Waals surface area contributed by atoms with Crippen LogP contribution in [0.5, 0.6) is 5.75 Å². The summed E-state index contributed by atoms with van der Waals surface area (Å²) in [6, 6.07) is 13.4. The minimum Gasteiger partial charge on any atom is -0.506 e. The number of nitrogens with zero attached hydrogens (tertiary/aromatic N) is 3. The van der Waals surface area contributed by atoms with Crippen molar-refractivity contribution in [2.75, 3.05) is 0 Å². The summed E-state index contributed by atoms with van der Waals surface area (Å²) in [7, 11) is 0. The molecule has 1 N–H and O–H groups in total. The van der Waals surface area contributed by atoms with Crippen LogP contribution in [0.3, 0.4) is 0 Å². The van der Waals surface area contributed by atoms with E-state index < -0.39 is 0 Å². The molecule has 4 nitrogen and oxygen atoms in total. The van der Waals surface area contributed by atoms with Crippen molar-refractivity contribution < 1.29 is 5.11 Å². The van der Waals surface area contributed by atoms with Gasteiger partial charge < -0.3 is 5.11 Å². The third-order valence-corrected chi connectivity index (χ3v) is 4.29. The summed E-state index contributed by atoms with van der Waals surface area (Å²) in [5.74, 6) is 0.198. The van der Waals surface area contributed by atoms with Crippen molar-refractivity contribution in [3.05, 3.63) is 48.0 Å². The van der Waals surface area contributed by atoms with Gasteiger partial charge in [-0.15, -0.1) is 5.10 Å². The van der Waals surface area contributed by atoms with Crippen LogP contribution in [-0.4, -0.2) is 20.1 Å². The lowest BCUT2D eigenvalue weighted by atomic mass is 9.72. The van der Waals surface area contributed by atoms with E-state index in [1.165, 1.54) is 5.56 Å². The van der Waals surface area contributed by atoms with Crippen molar-refractivity contribution in [1.82, 2.24) is 15.0 Å². The summed E-state index contributed by atoms with van der Waals surface area (Å²) in [4.78, 5) is 0. The molecule has 4 heteroatoms. The zero-order valence-electron chi connectivity index (χ0n) is 15.0. The van der Waals surface area contributed by atoms with Gasteiger partial charge in [-0.05, 0) is 41.0 Å². The number of fused-ring (bicyclic) bond motifs is 1. The van der Waals surface area contributed by atoms with Gasteiger partial charge in [0.15, 0.2) is 0 Å².